The number of nitrogens with one attached hydrogen (secondary N) is 1. The topological polar surface area (TPSA) is 108 Å². The zero-order chi connectivity index (χ0) is 57.0. The SMILES string of the molecule is CCCCCCCCCCCCCCCCCCCCCCC/C=C/CC/C=C/C(O)C(COP(=O)([O-])OCC[N+](C)(C)C)NC(=O)CCCCCCCCCCCCCCCCCCCCCCCCCCCCCCC. The van der Waals surface area contributed by atoms with Crippen molar-refractivity contribution in [1.82, 2.24) is 5.32 Å². The molecular weight excluding hydrogens is 984 g/mol. The van der Waals surface area contributed by atoms with Crippen molar-refractivity contribution in [3.63, 3.8) is 0 Å². The van der Waals surface area contributed by atoms with Gasteiger partial charge in [0.05, 0.1) is 39.9 Å². The Labute approximate surface area is 487 Å². The number of aliphatic hydroxyl groups excluding tert-OH is 1. The van der Waals surface area contributed by atoms with Crippen LogP contribution in [0.15, 0.2) is 24.3 Å². The van der Waals surface area contributed by atoms with Gasteiger partial charge in [0, 0.05) is 6.42 Å². The maximum atomic E-state index is 13.0. The van der Waals surface area contributed by atoms with Crippen LogP contribution in [0.3, 0.4) is 0 Å². The minimum absolute atomic E-state index is 0.00342. The fourth-order valence-electron chi connectivity index (χ4n) is 10.8. The van der Waals surface area contributed by atoms with E-state index in [4.69, 9.17) is 9.05 Å². The summed E-state index contributed by atoms with van der Waals surface area (Å²) in [5.41, 5.74) is 0. The summed E-state index contributed by atoms with van der Waals surface area (Å²) in [6.07, 6.45) is 78.8. The highest BCUT2D eigenvalue weighted by atomic mass is 31.2. The first-order chi connectivity index (χ1) is 38.0. The van der Waals surface area contributed by atoms with Gasteiger partial charge in [-0.25, -0.2) is 0 Å². The van der Waals surface area contributed by atoms with Crippen LogP contribution in [-0.2, 0) is 18.4 Å². The highest BCUT2D eigenvalue weighted by molar-refractivity contribution is 7.45. The number of aliphatic hydroxyl groups is 1. The average Bonchev–Trinajstić information content (AvgIpc) is 3.41. The van der Waals surface area contributed by atoms with E-state index < -0.39 is 20.0 Å². The minimum atomic E-state index is -4.61. The van der Waals surface area contributed by atoms with Crippen LogP contribution in [-0.4, -0.2) is 68.5 Å². The Morgan fingerprint density at radius 1 is 0.436 bits per heavy atom. The Bertz CT molecular complexity index is 1320. The highest BCUT2D eigenvalue weighted by Crippen LogP contribution is 2.38. The second kappa shape index (κ2) is 60.6. The summed E-state index contributed by atoms with van der Waals surface area (Å²) in [6, 6.07) is -0.902. The number of carbonyl (C=O) groups is 1. The van der Waals surface area contributed by atoms with Crippen molar-refractivity contribution in [1.29, 1.82) is 0 Å². The summed E-state index contributed by atoms with van der Waals surface area (Å²) in [4.78, 5) is 25.6. The normalized spacial score (nSPS) is 13.8. The van der Waals surface area contributed by atoms with E-state index in [1.165, 1.54) is 302 Å². The first-order valence-electron chi connectivity index (χ1n) is 34.7. The lowest BCUT2D eigenvalue weighted by atomic mass is 10.0. The molecule has 464 valence electrons. The molecule has 0 rings (SSSR count). The lowest BCUT2D eigenvalue weighted by Gasteiger charge is -2.29. The number of nitrogens with zero attached hydrogens (tertiary/aromatic N) is 1. The molecule has 1 amide bonds. The predicted octanol–water partition coefficient (Wildman–Crippen LogP) is 21.3. The number of quaternary nitrogens is 1. The molecule has 0 aromatic heterocycles. The monoisotopic (exact) mass is 1120 g/mol. The molecule has 0 saturated carbocycles. The molecule has 0 heterocycles. The smallest absolute Gasteiger partial charge is 0.268 e. The molecule has 0 saturated heterocycles. The minimum Gasteiger partial charge on any atom is -0.756 e. The molecule has 0 aliphatic carbocycles. The summed E-state index contributed by atoms with van der Waals surface area (Å²) < 4.78 is 23.4. The third-order valence-electron chi connectivity index (χ3n) is 16.2. The van der Waals surface area contributed by atoms with E-state index in [9.17, 15) is 19.4 Å². The number of amides is 1. The van der Waals surface area contributed by atoms with Crippen LogP contribution in [0.2, 0.25) is 0 Å². The van der Waals surface area contributed by atoms with Gasteiger partial charge in [0.1, 0.15) is 13.2 Å². The third kappa shape index (κ3) is 62.6. The van der Waals surface area contributed by atoms with Crippen molar-refractivity contribution in [3.8, 4) is 0 Å². The van der Waals surface area contributed by atoms with Crippen LogP contribution < -0.4 is 10.2 Å². The number of rotatable bonds is 65. The van der Waals surface area contributed by atoms with E-state index in [2.05, 4.69) is 31.3 Å². The van der Waals surface area contributed by atoms with Gasteiger partial charge < -0.3 is 28.8 Å². The summed E-state index contributed by atoms with van der Waals surface area (Å²) >= 11 is 0. The first-order valence-corrected chi connectivity index (χ1v) is 36.2. The summed E-state index contributed by atoms with van der Waals surface area (Å²) in [5, 5.41) is 13.9. The zero-order valence-corrected chi connectivity index (χ0v) is 54.0. The van der Waals surface area contributed by atoms with Crippen molar-refractivity contribution in [3.05, 3.63) is 24.3 Å². The van der Waals surface area contributed by atoms with Gasteiger partial charge in [0.15, 0.2) is 0 Å². The van der Waals surface area contributed by atoms with E-state index in [1.807, 2.05) is 27.2 Å². The predicted molar refractivity (Wildman–Crippen MR) is 339 cm³/mol. The Kier molecular flexibility index (Phi) is 59.8. The van der Waals surface area contributed by atoms with E-state index in [0.717, 1.165) is 38.5 Å². The lowest BCUT2D eigenvalue weighted by molar-refractivity contribution is -0.870. The van der Waals surface area contributed by atoms with Gasteiger partial charge in [0.25, 0.3) is 7.82 Å². The Morgan fingerprint density at radius 3 is 1.04 bits per heavy atom. The Balaban J connectivity index is 4.08. The van der Waals surface area contributed by atoms with E-state index in [0.29, 0.717) is 17.4 Å². The Hall–Kier alpha value is -1.02. The van der Waals surface area contributed by atoms with Crippen LogP contribution in [0.5, 0.6) is 0 Å². The van der Waals surface area contributed by atoms with Gasteiger partial charge in [-0.3, -0.25) is 9.36 Å². The standard InChI is InChI=1S/C69H137N2O6P/c1-6-8-10-12-14-16-18-20-22-24-26-28-30-32-34-35-37-39-41-43-45-47-49-51-53-55-57-59-61-63-69(73)70-67(66-77-78(74,75)76-65-64-71(3,4)5)68(72)62-60-58-56-54-52-50-48-46-44-42-40-38-36-33-31-29-27-25-23-21-19-17-15-13-11-9-7-2/h52,54,60,62,67-68,72H,6-51,53,55-59,61,63-66H2,1-5H3,(H-,70,73,74,75)/b54-52+,62-60+. The molecule has 0 radical (unpaired) electrons. The maximum Gasteiger partial charge on any atom is 0.268 e. The number of hydrogen-bond acceptors (Lipinski definition) is 6. The molecular formula is C69H137N2O6P. The largest absolute Gasteiger partial charge is 0.756 e. The van der Waals surface area contributed by atoms with Gasteiger partial charge in [-0.05, 0) is 32.1 Å². The molecule has 3 unspecified atom stereocenters. The van der Waals surface area contributed by atoms with Crippen LogP contribution in [0.4, 0.5) is 0 Å². The Morgan fingerprint density at radius 2 is 0.718 bits per heavy atom. The number of phosphoric ester groups is 1. The maximum absolute atomic E-state index is 13.0. The molecule has 3 atom stereocenters. The van der Waals surface area contributed by atoms with Crippen molar-refractivity contribution < 1.29 is 32.9 Å². The number of phosphoric acid groups is 1. The molecule has 0 aliphatic heterocycles. The number of carbonyl (C=O) groups excluding carboxylic acids is 1. The van der Waals surface area contributed by atoms with Crippen molar-refractivity contribution in [2.45, 2.75) is 373 Å². The fourth-order valence-corrected chi connectivity index (χ4v) is 11.5. The quantitative estimate of drug-likeness (QED) is 0.0272. The van der Waals surface area contributed by atoms with Crippen LogP contribution in [0.1, 0.15) is 361 Å². The molecule has 78 heavy (non-hydrogen) atoms. The van der Waals surface area contributed by atoms with Gasteiger partial charge in [-0.1, -0.05) is 346 Å². The van der Waals surface area contributed by atoms with E-state index >= 15 is 0 Å². The second-order valence-electron chi connectivity index (χ2n) is 25.2. The number of likely N-dealkylation sites (N-methyl/N-ethyl adjacent to an activating group) is 1. The average molecular weight is 1120 g/mol. The van der Waals surface area contributed by atoms with Crippen molar-refractivity contribution in [2.75, 3.05) is 40.9 Å². The lowest BCUT2D eigenvalue weighted by Crippen LogP contribution is -2.45. The third-order valence-corrected chi connectivity index (χ3v) is 17.1. The molecule has 0 bridgehead atoms. The molecule has 2 N–H and O–H groups in total. The number of unbranched alkanes of at least 4 members (excludes halogenated alkanes) is 50. The molecule has 0 aromatic rings. The van der Waals surface area contributed by atoms with Gasteiger partial charge >= 0.3 is 0 Å². The van der Waals surface area contributed by atoms with Gasteiger partial charge in [0.2, 0.25) is 5.91 Å². The molecule has 0 aliphatic rings. The summed E-state index contributed by atoms with van der Waals surface area (Å²) in [7, 11) is 1.26. The highest BCUT2D eigenvalue weighted by Gasteiger charge is 2.23. The zero-order valence-electron chi connectivity index (χ0n) is 53.2. The van der Waals surface area contributed by atoms with Gasteiger partial charge in [-0.2, -0.15) is 0 Å². The molecule has 9 heteroatoms. The van der Waals surface area contributed by atoms with E-state index in [-0.39, 0.29) is 19.1 Å². The number of allylic oxidation sites excluding steroid dienone is 3. The number of hydrogen-bond donors (Lipinski definition) is 2. The fraction of sp³-hybridized carbons (Fsp3) is 0.928. The van der Waals surface area contributed by atoms with Crippen LogP contribution in [0, 0.1) is 0 Å². The van der Waals surface area contributed by atoms with Crippen molar-refractivity contribution in [2.24, 2.45) is 0 Å². The molecule has 8 nitrogen and oxygen atoms in total. The summed E-state index contributed by atoms with van der Waals surface area (Å²) in [5.74, 6) is -0.198. The molecule has 0 spiro atoms. The van der Waals surface area contributed by atoms with Crippen molar-refractivity contribution >= 4 is 13.7 Å². The molecule has 0 aromatic carbocycles. The van der Waals surface area contributed by atoms with Gasteiger partial charge in [-0.15, -0.1) is 0 Å². The first kappa shape index (κ1) is 77.0. The second-order valence-corrected chi connectivity index (χ2v) is 26.7. The summed E-state index contributed by atoms with van der Waals surface area (Å²) in [6.45, 7) is 4.70. The van der Waals surface area contributed by atoms with Crippen LogP contribution in [0.25, 0.3) is 0 Å². The van der Waals surface area contributed by atoms with E-state index in [1.54, 1.807) is 6.08 Å². The molecule has 0 fully saturated rings. The van der Waals surface area contributed by atoms with Crippen LogP contribution >= 0.6 is 7.82 Å².